The molecule has 2 amide bonds. The SMILES string of the molecule is COc1cccc2c1NC(=O)CC2C(=O)N1CCC2(CC1)OCCc1ccsc12. The molecule has 7 heteroatoms. The Labute approximate surface area is 173 Å². The lowest BCUT2D eigenvalue weighted by Crippen LogP contribution is -2.49. The molecule has 29 heavy (non-hydrogen) atoms. The summed E-state index contributed by atoms with van der Waals surface area (Å²) in [5.41, 5.74) is 2.61. The molecular weight excluding hydrogens is 388 g/mol. The number of piperidine rings is 1. The lowest BCUT2D eigenvalue weighted by Gasteiger charge is -2.44. The number of methoxy groups -OCH3 is 1. The zero-order chi connectivity index (χ0) is 20.0. The van der Waals surface area contributed by atoms with Gasteiger partial charge in [0.15, 0.2) is 0 Å². The molecule has 1 fully saturated rings. The third-order valence-electron chi connectivity index (χ3n) is 6.40. The van der Waals surface area contributed by atoms with Crippen LogP contribution in [0.1, 0.15) is 41.2 Å². The number of anilines is 1. The van der Waals surface area contributed by atoms with Crippen LogP contribution in [0.5, 0.6) is 5.75 Å². The molecule has 152 valence electrons. The first-order chi connectivity index (χ1) is 14.1. The van der Waals surface area contributed by atoms with E-state index in [1.165, 1.54) is 10.4 Å². The van der Waals surface area contributed by atoms with Gasteiger partial charge in [-0.15, -0.1) is 11.3 Å². The summed E-state index contributed by atoms with van der Waals surface area (Å²) in [5.74, 6) is -0.00154. The number of fused-ring (bicyclic) bond motifs is 3. The number of amides is 2. The first-order valence-electron chi connectivity index (χ1n) is 10.1. The van der Waals surface area contributed by atoms with Crippen LogP contribution in [0.25, 0.3) is 0 Å². The predicted molar refractivity (Wildman–Crippen MR) is 110 cm³/mol. The Bertz CT molecular complexity index is 961. The summed E-state index contributed by atoms with van der Waals surface area (Å²) in [6.45, 7) is 2.04. The molecule has 1 aromatic heterocycles. The first kappa shape index (κ1) is 18.6. The van der Waals surface area contributed by atoms with Crippen molar-refractivity contribution in [3.05, 3.63) is 45.6 Å². The van der Waals surface area contributed by atoms with Gasteiger partial charge >= 0.3 is 0 Å². The molecule has 1 aromatic carbocycles. The van der Waals surface area contributed by atoms with Crippen molar-refractivity contribution in [2.45, 2.75) is 37.2 Å². The highest BCUT2D eigenvalue weighted by atomic mass is 32.1. The lowest BCUT2D eigenvalue weighted by molar-refractivity contribution is -0.143. The number of benzene rings is 1. The van der Waals surface area contributed by atoms with Gasteiger partial charge in [0.05, 0.1) is 25.3 Å². The molecule has 5 rings (SSSR count). The molecular formula is C22H24N2O4S. The number of likely N-dealkylation sites (tertiary alicyclic amines) is 1. The molecule has 1 N–H and O–H groups in total. The molecule has 1 unspecified atom stereocenters. The van der Waals surface area contributed by atoms with Gasteiger partial charge in [-0.1, -0.05) is 12.1 Å². The Morgan fingerprint density at radius 2 is 2.14 bits per heavy atom. The van der Waals surface area contributed by atoms with E-state index in [-0.39, 0.29) is 23.8 Å². The molecule has 1 spiro atoms. The molecule has 2 aromatic rings. The molecule has 0 aliphatic carbocycles. The molecule has 1 atom stereocenters. The fourth-order valence-corrected chi connectivity index (χ4v) is 6.05. The number of ether oxygens (including phenoxy) is 2. The largest absolute Gasteiger partial charge is 0.495 e. The van der Waals surface area contributed by atoms with Crippen LogP contribution in [0.3, 0.4) is 0 Å². The van der Waals surface area contributed by atoms with Crippen molar-refractivity contribution in [2.24, 2.45) is 0 Å². The van der Waals surface area contributed by atoms with E-state index in [1.54, 1.807) is 24.5 Å². The number of nitrogens with zero attached hydrogens (tertiary/aromatic N) is 1. The van der Waals surface area contributed by atoms with Crippen LogP contribution in [-0.4, -0.2) is 43.5 Å². The smallest absolute Gasteiger partial charge is 0.230 e. The molecule has 0 radical (unpaired) electrons. The molecule has 6 nitrogen and oxygen atoms in total. The normalized spacial score (nSPS) is 22.6. The number of rotatable bonds is 2. The number of thiophene rings is 1. The van der Waals surface area contributed by atoms with Gasteiger partial charge in [-0.25, -0.2) is 0 Å². The Kier molecular flexibility index (Phi) is 4.59. The van der Waals surface area contributed by atoms with Crippen LogP contribution in [-0.2, 0) is 26.3 Å². The van der Waals surface area contributed by atoms with Crippen molar-refractivity contribution in [3.63, 3.8) is 0 Å². The highest BCUT2D eigenvalue weighted by Gasteiger charge is 2.44. The fourth-order valence-electron chi connectivity index (χ4n) is 4.88. The van der Waals surface area contributed by atoms with Crippen molar-refractivity contribution in [1.29, 1.82) is 0 Å². The van der Waals surface area contributed by atoms with Gasteiger partial charge in [-0.05, 0) is 47.9 Å². The summed E-state index contributed by atoms with van der Waals surface area (Å²) in [4.78, 5) is 28.9. The van der Waals surface area contributed by atoms with E-state index < -0.39 is 5.92 Å². The maximum atomic E-state index is 13.4. The van der Waals surface area contributed by atoms with E-state index in [1.807, 2.05) is 17.0 Å². The van der Waals surface area contributed by atoms with Gasteiger partial charge in [0.1, 0.15) is 11.4 Å². The third kappa shape index (κ3) is 3.04. The molecule has 4 heterocycles. The monoisotopic (exact) mass is 412 g/mol. The zero-order valence-corrected chi connectivity index (χ0v) is 17.2. The van der Waals surface area contributed by atoms with Crippen molar-refractivity contribution >= 4 is 28.8 Å². The first-order valence-corrected chi connectivity index (χ1v) is 11.0. The summed E-state index contributed by atoms with van der Waals surface area (Å²) < 4.78 is 11.6. The van der Waals surface area contributed by atoms with Gasteiger partial charge in [0, 0.05) is 24.4 Å². The van der Waals surface area contributed by atoms with E-state index in [9.17, 15) is 9.59 Å². The minimum Gasteiger partial charge on any atom is -0.495 e. The predicted octanol–water partition coefficient (Wildman–Crippen LogP) is 3.27. The van der Waals surface area contributed by atoms with E-state index >= 15 is 0 Å². The van der Waals surface area contributed by atoms with Crippen LogP contribution in [0.15, 0.2) is 29.6 Å². The van der Waals surface area contributed by atoms with Gasteiger partial charge in [-0.2, -0.15) is 0 Å². The van der Waals surface area contributed by atoms with Gasteiger partial charge < -0.3 is 19.7 Å². The average molecular weight is 413 g/mol. The maximum Gasteiger partial charge on any atom is 0.230 e. The summed E-state index contributed by atoms with van der Waals surface area (Å²) in [6, 6.07) is 7.78. The average Bonchev–Trinajstić information content (AvgIpc) is 3.23. The van der Waals surface area contributed by atoms with Crippen molar-refractivity contribution in [2.75, 3.05) is 32.1 Å². The number of hydrogen-bond acceptors (Lipinski definition) is 5. The van der Waals surface area contributed by atoms with E-state index in [2.05, 4.69) is 16.8 Å². The van der Waals surface area contributed by atoms with E-state index in [0.717, 1.165) is 31.4 Å². The number of carbonyl (C=O) groups excluding carboxylic acids is 2. The zero-order valence-electron chi connectivity index (χ0n) is 16.4. The van der Waals surface area contributed by atoms with Crippen molar-refractivity contribution < 1.29 is 19.1 Å². The highest BCUT2D eigenvalue weighted by Crippen LogP contribution is 2.45. The second kappa shape index (κ2) is 7.15. The third-order valence-corrected chi connectivity index (χ3v) is 7.54. The Hall–Kier alpha value is -2.38. The second-order valence-corrected chi connectivity index (χ2v) is 8.84. The summed E-state index contributed by atoms with van der Waals surface area (Å²) in [7, 11) is 1.57. The molecule has 0 saturated carbocycles. The Balaban J connectivity index is 1.37. The van der Waals surface area contributed by atoms with E-state index in [0.29, 0.717) is 24.5 Å². The molecule has 3 aliphatic heterocycles. The highest BCUT2D eigenvalue weighted by molar-refractivity contribution is 7.10. The maximum absolute atomic E-state index is 13.4. The van der Waals surface area contributed by atoms with Gasteiger partial charge in [-0.3, -0.25) is 9.59 Å². The van der Waals surface area contributed by atoms with Crippen LogP contribution in [0, 0.1) is 0 Å². The fraction of sp³-hybridized carbons (Fsp3) is 0.455. The van der Waals surface area contributed by atoms with Crippen LogP contribution < -0.4 is 10.1 Å². The minimum atomic E-state index is -0.465. The molecule has 3 aliphatic rings. The number of hydrogen-bond donors (Lipinski definition) is 1. The van der Waals surface area contributed by atoms with E-state index in [4.69, 9.17) is 9.47 Å². The van der Waals surface area contributed by atoms with Gasteiger partial charge in [0.2, 0.25) is 11.8 Å². The van der Waals surface area contributed by atoms with Crippen molar-refractivity contribution in [3.8, 4) is 5.75 Å². The molecule has 0 bridgehead atoms. The summed E-state index contributed by atoms with van der Waals surface area (Å²) in [5, 5.41) is 5.01. The standard InChI is InChI=1S/C22H24N2O4S/c1-27-17-4-2-3-15-16(13-18(25)23-19(15)17)21(26)24-9-7-22(8-10-24)20-14(5-11-28-22)6-12-29-20/h2-4,6,12,16H,5,7-11,13H2,1H3,(H,23,25). The quantitative estimate of drug-likeness (QED) is 0.822. The topological polar surface area (TPSA) is 67.9 Å². The number of carbonyl (C=O) groups is 2. The Morgan fingerprint density at radius 1 is 1.31 bits per heavy atom. The molecule has 1 saturated heterocycles. The Morgan fingerprint density at radius 3 is 2.93 bits per heavy atom. The summed E-state index contributed by atoms with van der Waals surface area (Å²) in [6.07, 6.45) is 2.75. The second-order valence-electron chi connectivity index (χ2n) is 7.92. The van der Waals surface area contributed by atoms with Crippen molar-refractivity contribution in [1.82, 2.24) is 4.90 Å². The van der Waals surface area contributed by atoms with Gasteiger partial charge in [0.25, 0.3) is 0 Å². The number of nitrogens with one attached hydrogen (secondary N) is 1. The summed E-state index contributed by atoms with van der Waals surface area (Å²) >= 11 is 1.77. The van der Waals surface area contributed by atoms with Crippen LogP contribution in [0.4, 0.5) is 5.69 Å². The lowest BCUT2D eigenvalue weighted by atomic mass is 9.83. The minimum absolute atomic E-state index is 0.0198. The number of para-hydroxylation sites is 1. The van der Waals surface area contributed by atoms with Crippen LogP contribution >= 0.6 is 11.3 Å². The van der Waals surface area contributed by atoms with Crippen LogP contribution in [0.2, 0.25) is 0 Å².